The number of nitrogens with two attached hydrogens (primary N) is 1. The highest BCUT2D eigenvalue weighted by Crippen LogP contribution is 2.39. The average Bonchev–Trinajstić information content (AvgIpc) is 3.04. The Balaban J connectivity index is 1.71. The van der Waals surface area contributed by atoms with Crippen molar-refractivity contribution < 1.29 is 4.74 Å². The molecule has 2 N–H and O–H groups in total. The minimum Gasteiger partial charge on any atom is -0.376 e. The summed E-state index contributed by atoms with van der Waals surface area (Å²) >= 11 is 0. The first-order chi connectivity index (χ1) is 9.20. The largest absolute Gasteiger partial charge is 0.376 e. The predicted octanol–water partition coefficient (Wildman–Crippen LogP) is 2.13. The van der Waals surface area contributed by atoms with Gasteiger partial charge in [0, 0.05) is 13.2 Å². The van der Waals surface area contributed by atoms with Gasteiger partial charge in [0.2, 0.25) is 0 Å². The number of rotatable bonds is 3. The number of ether oxygens (including phenoxy) is 1. The molecule has 0 radical (unpaired) electrons. The third-order valence-corrected chi connectivity index (χ3v) is 5.35. The van der Waals surface area contributed by atoms with Crippen LogP contribution in [0.4, 0.5) is 0 Å². The lowest BCUT2D eigenvalue weighted by Gasteiger charge is -2.44. The molecule has 3 aliphatic rings. The van der Waals surface area contributed by atoms with E-state index in [2.05, 4.69) is 16.8 Å². The second kappa shape index (κ2) is 5.31. The van der Waals surface area contributed by atoms with E-state index in [1.165, 1.54) is 44.9 Å². The SMILES string of the molecule is CC1(C2CCCCC2)CN=C(N)N1CC1CCCO1. The summed E-state index contributed by atoms with van der Waals surface area (Å²) in [6.07, 6.45) is 9.52. The molecule has 1 aliphatic carbocycles. The summed E-state index contributed by atoms with van der Waals surface area (Å²) in [7, 11) is 0. The van der Waals surface area contributed by atoms with Crippen molar-refractivity contribution >= 4 is 5.96 Å². The van der Waals surface area contributed by atoms with Crippen molar-refractivity contribution in [2.75, 3.05) is 19.7 Å². The number of hydrogen-bond donors (Lipinski definition) is 1. The molecule has 4 heteroatoms. The van der Waals surface area contributed by atoms with E-state index in [0.29, 0.717) is 6.10 Å². The van der Waals surface area contributed by atoms with Gasteiger partial charge in [-0.05, 0) is 38.5 Å². The lowest BCUT2D eigenvalue weighted by molar-refractivity contribution is 0.0426. The fraction of sp³-hybridized carbons (Fsp3) is 0.933. The first-order valence-electron chi connectivity index (χ1n) is 7.89. The Kier molecular flexibility index (Phi) is 3.70. The summed E-state index contributed by atoms with van der Waals surface area (Å²) in [6, 6.07) is 0. The maximum absolute atomic E-state index is 6.16. The van der Waals surface area contributed by atoms with Crippen molar-refractivity contribution in [2.24, 2.45) is 16.6 Å². The summed E-state index contributed by atoms with van der Waals surface area (Å²) in [5.74, 6) is 1.48. The van der Waals surface area contributed by atoms with Gasteiger partial charge in [-0.25, -0.2) is 0 Å². The van der Waals surface area contributed by atoms with Crippen LogP contribution in [-0.2, 0) is 4.74 Å². The first-order valence-corrected chi connectivity index (χ1v) is 7.89. The fourth-order valence-electron chi connectivity index (χ4n) is 4.04. The summed E-state index contributed by atoms with van der Waals surface area (Å²) in [5.41, 5.74) is 6.30. The second-order valence-corrected chi connectivity index (χ2v) is 6.61. The molecule has 1 saturated heterocycles. The molecule has 0 aromatic carbocycles. The van der Waals surface area contributed by atoms with Gasteiger partial charge < -0.3 is 15.4 Å². The third-order valence-electron chi connectivity index (χ3n) is 5.35. The lowest BCUT2D eigenvalue weighted by Crippen LogP contribution is -2.56. The van der Waals surface area contributed by atoms with Crippen molar-refractivity contribution in [1.82, 2.24) is 4.90 Å². The first kappa shape index (κ1) is 13.2. The van der Waals surface area contributed by atoms with E-state index in [4.69, 9.17) is 10.5 Å². The summed E-state index contributed by atoms with van der Waals surface area (Å²) in [4.78, 5) is 6.91. The molecule has 2 unspecified atom stereocenters. The molecular formula is C15H27N3O. The molecule has 1 saturated carbocycles. The van der Waals surface area contributed by atoms with Crippen LogP contribution in [0.15, 0.2) is 4.99 Å². The quantitative estimate of drug-likeness (QED) is 0.850. The van der Waals surface area contributed by atoms with E-state index in [0.717, 1.165) is 31.6 Å². The second-order valence-electron chi connectivity index (χ2n) is 6.61. The number of nitrogens with zero attached hydrogens (tertiary/aromatic N) is 2. The highest BCUT2D eigenvalue weighted by atomic mass is 16.5. The van der Waals surface area contributed by atoms with Gasteiger partial charge in [0.05, 0.1) is 18.2 Å². The van der Waals surface area contributed by atoms with Gasteiger partial charge in [0.25, 0.3) is 0 Å². The molecule has 2 atom stereocenters. The van der Waals surface area contributed by atoms with Gasteiger partial charge in [-0.15, -0.1) is 0 Å². The molecule has 0 amide bonds. The lowest BCUT2D eigenvalue weighted by atomic mass is 9.75. The van der Waals surface area contributed by atoms with Crippen LogP contribution in [-0.4, -0.2) is 42.2 Å². The number of guanidine groups is 1. The van der Waals surface area contributed by atoms with Gasteiger partial charge in [-0.3, -0.25) is 4.99 Å². The maximum atomic E-state index is 6.16. The van der Waals surface area contributed by atoms with Crippen LogP contribution < -0.4 is 5.73 Å². The van der Waals surface area contributed by atoms with Gasteiger partial charge >= 0.3 is 0 Å². The zero-order chi connectivity index (χ0) is 13.3. The molecule has 3 rings (SSSR count). The smallest absolute Gasteiger partial charge is 0.191 e. The molecule has 0 spiro atoms. The molecule has 4 nitrogen and oxygen atoms in total. The van der Waals surface area contributed by atoms with E-state index >= 15 is 0 Å². The van der Waals surface area contributed by atoms with E-state index in [9.17, 15) is 0 Å². The van der Waals surface area contributed by atoms with Crippen LogP contribution in [0.25, 0.3) is 0 Å². The maximum Gasteiger partial charge on any atom is 0.191 e. The Labute approximate surface area is 116 Å². The van der Waals surface area contributed by atoms with E-state index < -0.39 is 0 Å². The van der Waals surface area contributed by atoms with E-state index in [-0.39, 0.29) is 5.54 Å². The minimum atomic E-state index is 0.135. The van der Waals surface area contributed by atoms with Gasteiger partial charge in [0.1, 0.15) is 0 Å². The number of aliphatic imine (C=N–C) groups is 1. The van der Waals surface area contributed by atoms with E-state index in [1.54, 1.807) is 0 Å². The molecule has 2 fully saturated rings. The monoisotopic (exact) mass is 265 g/mol. The van der Waals surface area contributed by atoms with Crippen LogP contribution in [0.5, 0.6) is 0 Å². The topological polar surface area (TPSA) is 50.8 Å². The van der Waals surface area contributed by atoms with Crippen LogP contribution in [0.3, 0.4) is 0 Å². The Morgan fingerprint density at radius 2 is 2.05 bits per heavy atom. The Morgan fingerprint density at radius 3 is 2.74 bits per heavy atom. The Hall–Kier alpha value is -0.770. The molecular weight excluding hydrogens is 238 g/mol. The fourth-order valence-corrected chi connectivity index (χ4v) is 4.04. The summed E-state index contributed by atoms with van der Waals surface area (Å²) in [6.45, 7) is 5.08. The minimum absolute atomic E-state index is 0.135. The normalized spacial score (nSPS) is 36.8. The van der Waals surface area contributed by atoms with Gasteiger partial charge in [0.15, 0.2) is 5.96 Å². The average molecular weight is 265 g/mol. The van der Waals surface area contributed by atoms with Crippen molar-refractivity contribution in [1.29, 1.82) is 0 Å². The van der Waals surface area contributed by atoms with Crippen molar-refractivity contribution in [3.8, 4) is 0 Å². The van der Waals surface area contributed by atoms with Crippen LogP contribution in [0, 0.1) is 5.92 Å². The van der Waals surface area contributed by atoms with E-state index in [1.807, 2.05) is 0 Å². The van der Waals surface area contributed by atoms with Crippen molar-refractivity contribution in [2.45, 2.75) is 63.5 Å². The highest BCUT2D eigenvalue weighted by Gasteiger charge is 2.45. The van der Waals surface area contributed by atoms with Crippen LogP contribution in [0.1, 0.15) is 51.9 Å². The molecule has 0 bridgehead atoms. The molecule has 2 aliphatic heterocycles. The Morgan fingerprint density at radius 1 is 1.26 bits per heavy atom. The molecule has 0 aromatic rings. The standard InChI is InChI=1S/C15H27N3O/c1-15(12-6-3-2-4-7-12)11-17-14(16)18(15)10-13-8-5-9-19-13/h12-13H,2-11H2,1H3,(H2,16,17). The zero-order valence-electron chi connectivity index (χ0n) is 12.1. The van der Waals surface area contributed by atoms with Crippen LogP contribution >= 0.6 is 0 Å². The Bertz CT molecular complexity index is 345. The van der Waals surface area contributed by atoms with Crippen molar-refractivity contribution in [3.05, 3.63) is 0 Å². The molecule has 108 valence electrons. The van der Waals surface area contributed by atoms with Gasteiger partial charge in [-0.1, -0.05) is 19.3 Å². The third kappa shape index (κ3) is 2.47. The van der Waals surface area contributed by atoms with Gasteiger partial charge in [-0.2, -0.15) is 0 Å². The summed E-state index contributed by atoms with van der Waals surface area (Å²) < 4.78 is 5.79. The summed E-state index contributed by atoms with van der Waals surface area (Å²) in [5, 5.41) is 0. The number of hydrogen-bond acceptors (Lipinski definition) is 4. The predicted molar refractivity (Wildman–Crippen MR) is 77.1 cm³/mol. The highest BCUT2D eigenvalue weighted by molar-refractivity contribution is 5.81. The molecule has 0 aromatic heterocycles. The molecule has 19 heavy (non-hydrogen) atoms. The van der Waals surface area contributed by atoms with Crippen molar-refractivity contribution in [3.63, 3.8) is 0 Å². The zero-order valence-corrected chi connectivity index (χ0v) is 12.1. The van der Waals surface area contributed by atoms with Crippen LogP contribution in [0.2, 0.25) is 0 Å². The molecule has 2 heterocycles.